The van der Waals surface area contributed by atoms with Gasteiger partial charge in [0.05, 0.1) is 19.4 Å². The summed E-state index contributed by atoms with van der Waals surface area (Å²) in [6.45, 7) is -0.686. The highest BCUT2D eigenvalue weighted by atomic mass is 16.5. The Kier molecular flexibility index (Phi) is 4.94. The number of carboxylic acid groups (broad SMARTS) is 1. The van der Waals surface area contributed by atoms with E-state index in [1.54, 1.807) is 24.3 Å². The van der Waals surface area contributed by atoms with Crippen LogP contribution < -0.4 is 15.4 Å². The fourth-order valence-electron chi connectivity index (χ4n) is 1.25. The molecule has 1 atom stereocenters. The van der Waals surface area contributed by atoms with Crippen LogP contribution in [0.15, 0.2) is 24.3 Å². The number of urea groups is 1. The molecule has 98 valence electrons. The van der Waals surface area contributed by atoms with E-state index in [9.17, 15) is 9.59 Å². The zero-order valence-corrected chi connectivity index (χ0v) is 9.71. The van der Waals surface area contributed by atoms with Gasteiger partial charge in [-0.3, -0.25) is 0 Å². The van der Waals surface area contributed by atoms with Gasteiger partial charge in [0, 0.05) is 0 Å². The Hall–Kier alpha value is -2.28. The summed E-state index contributed by atoms with van der Waals surface area (Å²) in [4.78, 5) is 22.1. The van der Waals surface area contributed by atoms with Crippen molar-refractivity contribution in [3.63, 3.8) is 0 Å². The first-order chi connectivity index (χ1) is 8.58. The van der Waals surface area contributed by atoms with Crippen LogP contribution in [0.25, 0.3) is 0 Å². The van der Waals surface area contributed by atoms with Crippen molar-refractivity contribution in [1.82, 2.24) is 5.32 Å². The Balaban J connectivity index is 2.67. The topological polar surface area (TPSA) is 108 Å². The number of aliphatic hydroxyl groups excluding tert-OH is 1. The number of carbonyl (C=O) groups excluding carboxylic acids is 1. The Bertz CT molecular complexity index is 435. The van der Waals surface area contributed by atoms with Crippen LogP contribution in [-0.2, 0) is 4.79 Å². The third-order valence-corrected chi connectivity index (χ3v) is 2.14. The summed E-state index contributed by atoms with van der Waals surface area (Å²) in [5, 5.41) is 22.0. The van der Waals surface area contributed by atoms with Crippen molar-refractivity contribution < 1.29 is 24.5 Å². The summed E-state index contributed by atoms with van der Waals surface area (Å²) < 4.78 is 5.02. The van der Waals surface area contributed by atoms with Crippen LogP contribution in [0.3, 0.4) is 0 Å². The smallest absolute Gasteiger partial charge is 0.328 e. The monoisotopic (exact) mass is 254 g/mol. The number of aliphatic hydroxyl groups is 1. The number of aliphatic carboxylic acids is 1. The quantitative estimate of drug-likeness (QED) is 0.603. The summed E-state index contributed by atoms with van der Waals surface area (Å²) in [5.41, 5.74) is 0.402. The second-order valence-corrected chi connectivity index (χ2v) is 3.37. The fraction of sp³-hybridized carbons (Fsp3) is 0.273. The van der Waals surface area contributed by atoms with Crippen molar-refractivity contribution in [1.29, 1.82) is 0 Å². The predicted octanol–water partition coefficient (Wildman–Crippen LogP) is 0.262. The lowest BCUT2D eigenvalue weighted by Crippen LogP contribution is -2.45. The van der Waals surface area contributed by atoms with Crippen LogP contribution in [0, 0.1) is 0 Å². The first-order valence-electron chi connectivity index (χ1n) is 5.12. The average Bonchev–Trinajstić information content (AvgIpc) is 2.36. The van der Waals surface area contributed by atoms with Crippen LogP contribution in [0.2, 0.25) is 0 Å². The van der Waals surface area contributed by atoms with E-state index in [0.717, 1.165) is 0 Å². The summed E-state index contributed by atoms with van der Waals surface area (Å²) in [5.74, 6) is -0.865. The highest BCUT2D eigenvalue weighted by Gasteiger charge is 2.19. The molecule has 1 unspecified atom stereocenters. The highest BCUT2D eigenvalue weighted by Crippen LogP contribution is 2.22. The lowest BCUT2D eigenvalue weighted by molar-refractivity contribution is -0.140. The first-order valence-corrected chi connectivity index (χ1v) is 5.12. The minimum absolute atomic E-state index is 0.402. The van der Waals surface area contributed by atoms with Crippen molar-refractivity contribution >= 4 is 17.7 Å². The van der Waals surface area contributed by atoms with Gasteiger partial charge in [0.15, 0.2) is 6.04 Å². The molecule has 7 heteroatoms. The van der Waals surface area contributed by atoms with Crippen molar-refractivity contribution in [3.8, 4) is 5.75 Å². The number of hydrogen-bond acceptors (Lipinski definition) is 4. The van der Waals surface area contributed by atoms with Gasteiger partial charge in [-0.1, -0.05) is 12.1 Å². The Labute approximate surface area is 103 Å². The number of nitrogens with one attached hydrogen (secondary N) is 2. The predicted molar refractivity (Wildman–Crippen MR) is 63.7 cm³/mol. The van der Waals surface area contributed by atoms with Crippen molar-refractivity contribution in [2.24, 2.45) is 0 Å². The number of benzene rings is 1. The second-order valence-electron chi connectivity index (χ2n) is 3.37. The molecular formula is C11H14N2O5. The van der Waals surface area contributed by atoms with Crippen LogP contribution in [0.5, 0.6) is 5.75 Å². The van der Waals surface area contributed by atoms with Gasteiger partial charge in [0.1, 0.15) is 5.75 Å². The number of ether oxygens (including phenoxy) is 1. The molecule has 0 aliphatic heterocycles. The molecule has 0 radical (unpaired) electrons. The normalized spacial score (nSPS) is 11.4. The number of methoxy groups -OCH3 is 1. The molecule has 0 aliphatic carbocycles. The third-order valence-electron chi connectivity index (χ3n) is 2.14. The summed E-state index contributed by atoms with van der Waals surface area (Å²) in [7, 11) is 1.45. The van der Waals surface area contributed by atoms with E-state index in [1.807, 2.05) is 0 Å². The van der Waals surface area contributed by atoms with Gasteiger partial charge in [-0.05, 0) is 12.1 Å². The lowest BCUT2D eigenvalue weighted by atomic mass is 10.3. The summed E-state index contributed by atoms with van der Waals surface area (Å²) in [6, 6.07) is 4.60. The average molecular weight is 254 g/mol. The SMILES string of the molecule is COc1ccccc1NC(=O)NC(CO)C(=O)O. The maximum Gasteiger partial charge on any atom is 0.328 e. The highest BCUT2D eigenvalue weighted by molar-refractivity contribution is 5.93. The third kappa shape index (κ3) is 3.63. The number of rotatable bonds is 5. The minimum Gasteiger partial charge on any atom is -0.495 e. The number of para-hydroxylation sites is 2. The number of anilines is 1. The Morgan fingerprint density at radius 1 is 1.39 bits per heavy atom. The second kappa shape index (κ2) is 6.45. The van der Waals surface area contributed by atoms with E-state index >= 15 is 0 Å². The van der Waals surface area contributed by atoms with E-state index < -0.39 is 24.6 Å². The molecule has 4 N–H and O–H groups in total. The standard InChI is InChI=1S/C11H14N2O5/c1-18-9-5-3-2-4-7(9)12-11(17)13-8(6-14)10(15)16/h2-5,8,14H,6H2,1H3,(H,15,16)(H2,12,13,17). The van der Waals surface area contributed by atoms with Gasteiger partial charge in [0.25, 0.3) is 0 Å². The maximum atomic E-state index is 11.5. The van der Waals surface area contributed by atoms with E-state index in [-0.39, 0.29) is 0 Å². The molecule has 0 bridgehead atoms. The molecule has 7 nitrogen and oxygen atoms in total. The Morgan fingerprint density at radius 2 is 2.06 bits per heavy atom. The maximum absolute atomic E-state index is 11.5. The van der Waals surface area contributed by atoms with Gasteiger partial charge < -0.3 is 25.6 Å². The molecule has 0 fully saturated rings. The molecular weight excluding hydrogens is 240 g/mol. The van der Waals surface area contributed by atoms with E-state index in [1.165, 1.54) is 7.11 Å². The molecule has 0 spiro atoms. The van der Waals surface area contributed by atoms with Crippen LogP contribution in [0.4, 0.5) is 10.5 Å². The van der Waals surface area contributed by atoms with Gasteiger partial charge >= 0.3 is 12.0 Å². The van der Waals surface area contributed by atoms with Gasteiger partial charge in [-0.25, -0.2) is 9.59 Å². The van der Waals surface area contributed by atoms with E-state index in [0.29, 0.717) is 11.4 Å². The van der Waals surface area contributed by atoms with Crippen molar-refractivity contribution in [3.05, 3.63) is 24.3 Å². The Morgan fingerprint density at radius 3 is 2.61 bits per heavy atom. The lowest BCUT2D eigenvalue weighted by Gasteiger charge is -2.14. The molecule has 0 aromatic heterocycles. The number of amides is 2. The van der Waals surface area contributed by atoms with Crippen LogP contribution in [-0.4, -0.2) is 42.0 Å². The molecule has 2 amide bonds. The fourth-order valence-corrected chi connectivity index (χ4v) is 1.25. The molecule has 0 saturated carbocycles. The summed E-state index contributed by atoms with van der Waals surface area (Å²) >= 11 is 0. The zero-order chi connectivity index (χ0) is 13.5. The van der Waals surface area contributed by atoms with Crippen LogP contribution >= 0.6 is 0 Å². The first kappa shape index (κ1) is 13.8. The number of hydrogen-bond donors (Lipinski definition) is 4. The number of carbonyl (C=O) groups is 2. The molecule has 0 heterocycles. The van der Waals surface area contributed by atoms with E-state index in [4.69, 9.17) is 14.9 Å². The van der Waals surface area contributed by atoms with Gasteiger partial charge in [-0.15, -0.1) is 0 Å². The molecule has 1 aromatic rings. The largest absolute Gasteiger partial charge is 0.495 e. The van der Waals surface area contributed by atoms with E-state index in [2.05, 4.69) is 10.6 Å². The summed E-state index contributed by atoms with van der Waals surface area (Å²) in [6.07, 6.45) is 0. The molecule has 0 aliphatic rings. The molecule has 1 rings (SSSR count). The van der Waals surface area contributed by atoms with Crippen molar-refractivity contribution in [2.75, 3.05) is 19.0 Å². The molecule has 1 aromatic carbocycles. The molecule has 18 heavy (non-hydrogen) atoms. The number of carboxylic acids is 1. The minimum atomic E-state index is -1.35. The molecule has 0 saturated heterocycles. The van der Waals surface area contributed by atoms with Crippen molar-refractivity contribution in [2.45, 2.75) is 6.04 Å². The van der Waals surface area contributed by atoms with Crippen LogP contribution in [0.1, 0.15) is 0 Å². The zero-order valence-electron chi connectivity index (χ0n) is 9.71. The van der Waals surface area contributed by atoms with Gasteiger partial charge in [-0.2, -0.15) is 0 Å². The van der Waals surface area contributed by atoms with Gasteiger partial charge in [0.2, 0.25) is 0 Å².